The standard InChI is InChI=1S/C14H29N3O/c1-13(2,10-15)12(18)16-11-14(17(3)4)8-6-5-7-9-14/h5-11,15H2,1-4H3,(H,16,18). The van der Waals surface area contributed by atoms with Gasteiger partial charge in [-0.3, -0.25) is 4.79 Å². The van der Waals surface area contributed by atoms with Crippen LogP contribution in [0.5, 0.6) is 0 Å². The van der Waals surface area contributed by atoms with Gasteiger partial charge in [0.2, 0.25) is 5.91 Å². The summed E-state index contributed by atoms with van der Waals surface area (Å²) in [6.45, 7) is 4.91. The lowest BCUT2D eigenvalue weighted by molar-refractivity contribution is -0.129. The fourth-order valence-corrected chi connectivity index (χ4v) is 2.57. The first-order valence-corrected chi connectivity index (χ1v) is 7.00. The van der Waals surface area contributed by atoms with Gasteiger partial charge in [0.1, 0.15) is 0 Å². The highest BCUT2D eigenvalue weighted by Crippen LogP contribution is 2.31. The maximum Gasteiger partial charge on any atom is 0.226 e. The summed E-state index contributed by atoms with van der Waals surface area (Å²) >= 11 is 0. The van der Waals surface area contributed by atoms with Gasteiger partial charge in [0.05, 0.1) is 5.41 Å². The Morgan fingerprint density at radius 3 is 2.28 bits per heavy atom. The molecule has 0 bridgehead atoms. The van der Waals surface area contributed by atoms with Gasteiger partial charge in [0.15, 0.2) is 0 Å². The quantitative estimate of drug-likeness (QED) is 0.779. The van der Waals surface area contributed by atoms with E-state index in [4.69, 9.17) is 5.73 Å². The molecule has 1 aliphatic rings. The second-order valence-corrected chi connectivity index (χ2v) is 6.45. The summed E-state index contributed by atoms with van der Waals surface area (Å²) in [5, 5.41) is 3.11. The molecule has 1 fully saturated rings. The number of rotatable bonds is 5. The van der Waals surface area contributed by atoms with Gasteiger partial charge in [-0.1, -0.05) is 19.3 Å². The van der Waals surface area contributed by atoms with Crippen molar-refractivity contribution in [2.75, 3.05) is 27.2 Å². The SMILES string of the molecule is CN(C)C1(CNC(=O)C(C)(C)CN)CCCCC1. The molecule has 0 aliphatic heterocycles. The molecule has 0 aromatic carbocycles. The van der Waals surface area contributed by atoms with Crippen LogP contribution in [0.2, 0.25) is 0 Å². The topological polar surface area (TPSA) is 58.4 Å². The molecule has 1 aliphatic carbocycles. The van der Waals surface area contributed by atoms with E-state index in [2.05, 4.69) is 24.3 Å². The van der Waals surface area contributed by atoms with Crippen LogP contribution in [-0.4, -0.2) is 43.5 Å². The molecule has 0 atom stereocenters. The minimum absolute atomic E-state index is 0.0665. The summed E-state index contributed by atoms with van der Waals surface area (Å²) in [6.07, 6.45) is 6.17. The number of amides is 1. The maximum atomic E-state index is 12.1. The summed E-state index contributed by atoms with van der Waals surface area (Å²) in [4.78, 5) is 14.4. The highest BCUT2D eigenvalue weighted by atomic mass is 16.2. The molecule has 3 N–H and O–H groups in total. The minimum Gasteiger partial charge on any atom is -0.354 e. The third-order valence-corrected chi connectivity index (χ3v) is 4.44. The normalized spacial score (nSPS) is 19.9. The lowest BCUT2D eigenvalue weighted by Crippen LogP contribution is -2.55. The van der Waals surface area contributed by atoms with Crippen LogP contribution >= 0.6 is 0 Å². The summed E-state index contributed by atoms with van der Waals surface area (Å²) < 4.78 is 0. The highest BCUT2D eigenvalue weighted by molar-refractivity contribution is 5.82. The molecule has 1 saturated carbocycles. The minimum atomic E-state index is -0.470. The number of carbonyl (C=O) groups excluding carboxylic acids is 1. The zero-order valence-electron chi connectivity index (χ0n) is 12.4. The van der Waals surface area contributed by atoms with Crippen molar-refractivity contribution in [2.45, 2.75) is 51.5 Å². The van der Waals surface area contributed by atoms with Gasteiger partial charge in [-0.25, -0.2) is 0 Å². The Morgan fingerprint density at radius 2 is 1.83 bits per heavy atom. The molecule has 4 heteroatoms. The van der Waals surface area contributed by atoms with Gasteiger partial charge in [0, 0.05) is 18.6 Å². The monoisotopic (exact) mass is 255 g/mol. The van der Waals surface area contributed by atoms with Crippen LogP contribution in [0.4, 0.5) is 0 Å². The Labute approximate surface area is 111 Å². The van der Waals surface area contributed by atoms with Crippen molar-refractivity contribution in [2.24, 2.45) is 11.1 Å². The number of nitrogens with zero attached hydrogens (tertiary/aromatic N) is 1. The van der Waals surface area contributed by atoms with Crippen LogP contribution < -0.4 is 11.1 Å². The smallest absolute Gasteiger partial charge is 0.226 e. The summed E-state index contributed by atoms with van der Waals surface area (Å²) in [6, 6.07) is 0. The van der Waals surface area contributed by atoms with Gasteiger partial charge in [-0.2, -0.15) is 0 Å². The number of hydrogen-bond acceptors (Lipinski definition) is 3. The third-order valence-electron chi connectivity index (χ3n) is 4.44. The molecule has 1 rings (SSSR count). The Kier molecular flexibility index (Phi) is 5.17. The van der Waals surface area contributed by atoms with Gasteiger partial charge >= 0.3 is 0 Å². The van der Waals surface area contributed by atoms with Gasteiger partial charge < -0.3 is 16.0 Å². The number of hydrogen-bond donors (Lipinski definition) is 2. The first-order chi connectivity index (χ1) is 8.34. The van der Waals surface area contributed by atoms with Crippen molar-refractivity contribution in [1.82, 2.24) is 10.2 Å². The molecule has 4 nitrogen and oxygen atoms in total. The van der Waals surface area contributed by atoms with Crippen LogP contribution in [0.1, 0.15) is 46.0 Å². The molecule has 106 valence electrons. The van der Waals surface area contributed by atoms with Crippen LogP contribution in [0.25, 0.3) is 0 Å². The zero-order valence-corrected chi connectivity index (χ0v) is 12.4. The maximum absolute atomic E-state index is 12.1. The van der Waals surface area contributed by atoms with Crippen molar-refractivity contribution in [3.63, 3.8) is 0 Å². The Bertz CT molecular complexity index is 281. The van der Waals surface area contributed by atoms with Crippen molar-refractivity contribution in [3.8, 4) is 0 Å². The lowest BCUT2D eigenvalue weighted by Gasteiger charge is -2.43. The van der Waals surface area contributed by atoms with E-state index < -0.39 is 5.41 Å². The van der Waals surface area contributed by atoms with Crippen LogP contribution in [0, 0.1) is 5.41 Å². The van der Waals surface area contributed by atoms with E-state index >= 15 is 0 Å². The first-order valence-electron chi connectivity index (χ1n) is 7.00. The molecule has 0 heterocycles. The predicted octanol–water partition coefficient (Wildman–Crippen LogP) is 1.35. The van der Waals surface area contributed by atoms with Gasteiger partial charge in [-0.15, -0.1) is 0 Å². The first kappa shape index (κ1) is 15.4. The molecule has 0 radical (unpaired) electrons. The van der Waals surface area contributed by atoms with E-state index in [1.807, 2.05) is 13.8 Å². The highest BCUT2D eigenvalue weighted by Gasteiger charge is 2.36. The summed E-state index contributed by atoms with van der Waals surface area (Å²) in [5.74, 6) is 0.0665. The van der Waals surface area contributed by atoms with Crippen molar-refractivity contribution in [3.05, 3.63) is 0 Å². The molecule has 0 aromatic heterocycles. The van der Waals surface area contributed by atoms with Gasteiger partial charge in [-0.05, 0) is 40.8 Å². The number of carbonyl (C=O) groups is 1. The second kappa shape index (κ2) is 6.02. The number of likely N-dealkylation sites (N-methyl/N-ethyl adjacent to an activating group) is 1. The Hall–Kier alpha value is -0.610. The number of nitrogens with two attached hydrogens (primary N) is 1. The average molecular weight is 255 g/mol. The van der Waals surface area contributed by atoms with Gasteiger partial charge in [0.25, 0.3) is 0 Å². The number of nitrogens with one attached hydrogen (secondary N) is 1. The molecule has 0 aromatic rings. The zero-order chi connectivity index (χ0) is 13.8. The molecule has 0 unspecified atom stereocenters. The van der Waals surface area contributed by atoms with Crippen LogP contribution in [-0.2, 0) is 4.79 Å². The van der Waals surface area contributed by atoms with E-state index in [0.29, 0.717) is 6.54 Å². The van der Waals surface area contributed by atoms with Crippen LogP contribution in [0.3, 0.4) is 0 Å². The molecular weight excluding hydrogens is 226 g/mol. The Balaban J connectivity index is 2.61. The van der Waals surface area contributed by atoms with E-state index in [-0.39, 0.29) is 11.4 Å². The van der Waals surface area contributed by atoms with Crippen LogP contribution in [0.15, 0.2) is 0 Å². The van der Waals surface area contributed by atoms with Crippen molar-refractivity contribution in [1.29, 1.82) is 0 Å². The third kappa shape index (κ3) is 3.45. The predicted molar refractivity (Wildman–Crippen MR) is 75.3 cm³/mol. The summed E-state index contributed by atoms with van der Waals surface area (Å²) in [7, 11) is 4.23. The molecule has 0 saturated heterocycles. The molecule has 1 amide bonds. The van der Waals surface area contributed by atoms with Crippen molar-refractivity contribution >= 4 is 5.91 Å². The Morgan fingerprint density at radius 1 is 1.28 bits per heavy atom. The van der Waals surface area contributed by atoms with E-state index in [9.17, 15) is 4.79 Å². The molecule has 0 spiro atoms. The van der Waals surface area contributed by atoms with E-state index in [1.165, 1.54) is 32.1 Å². The van der Waals surface area contributed by atoms with E-state index in [0.717, 1.165) is 6.54 Å². The molecular formula is C14H29N3O. The average Bonchev–Trinajstić information content (AvgIpc) is 2.36. The lowest BCUT2D eigenvalue weighted by atomic mass is 9.80. The second-order valence-electron chi connectivity index (χ2n) is 6.45. The fraction of sp³-hybridized carbons (Fsp3) is 0.929. The molecule has 18 heavy (non-hydrogen) atoms. The largest absolute Gasteiger partial charge is 0.354 e. The fourth-order valence-electron chi connectivity index (χ4n) is 2.57. The van der Waals surface area contributed by atoms with E-state index in [1.54, 1.807) is 0 Å². The van der Waals surface area contributed by atoms with Crippen molar-refractivity contribution < 1.29 is 4.79 Å². The summed E-state index contributed by atoms with van der Waals surface area (Å²) in [5.41, 5.74) is 5.30.